The number of quaternary nitrogens is 1. The molecule has 1 aliphatic rings. The van der Waals surface area contributed by atoms with Crippen LogP contribution in [-0.2, 0) is 0 Å². The number of aryl methyl sites for hydroxylation is 1. The first-order valence-electron chi connectivity index (χ1n) is 6.76. The molecule has 3 N–H and O–H groups in total. The van der Waals surface area contributed by atoms with Crippen LogP contribution in [0.3, 0.4) is 0 Å². The number of benzene rings is 1. The average Bonchev–Trinajstić information content (AvgIpc) is 2.42. The summed E-state index contributed by atoms with van der Waals surface area (Å²) in [5.41, 5.74) is 2.01. The van der Waals surface area contributed by atoms with Gasteiger partial charge in [0.25, 0.3) is 0 Å². The Morgan fingerprint density at radius 2 is 1.95 bits per heavy atom. The third-order valence-electron chi connectivity index (χ3n) is 3.53. The lowest BCUT2D eigenvalue weighted by Gasteiger charge is -2.31. The van der Waals surface area contributed by atoms with Gasteiger partial charge in [0.1, 0.15) is 6.54 Å². The SMILES string of the molecule is Cc1ccc(NC(=O)N2CC[NH+](CCO)CC2)cc1. The number of amides is 2. The number of hydrogen-bond donors (Lipinski definition) is 3. The van der Waals surface area contributed by atoms with Crippen LogP contribution < -0.4 is 10.2 Å². The van der Waals surface area contributed by atoms with Gasteiger partial charge >= 0.3 is 6.03 Å². The number of piperazine rings is 1. The van der Waals surface area contributed by atoms with E-state index in [2.05, 4.69) is 5.32 Å². The highest BCUT2D eigenvalue weighted by Crippen LogP contribution is 2.09. The summed E-state index contributed by atoms with van der Waals surface area (Å²) >= 11 is 0. The van der Waals surface area contributed by atoms with E-state index in [-0.39, 0.29) is 12.6 Å². The fourth-order valence-electron chi connectivity index (χ4n) is 2.27. The Kier molecular flexibility index (Phi) is 4.76. The Bertz CT molecular complexity index is 411. The van der Waals surface area contributed by atoms with Crippen LogP contribution >= 0.6 is 0 Å². The molecule has 1 aliphatic heterocycles. The fourth-order valence-corrected chi connectivity index (χ4v) is 2.27. The first kappa shape index (κ1) is 13.8. The Morgan fingerprint density at radius 1 is 1.32 bits per heavy atom. The number of nitrogens with one attached hydrogen (secondary N) is 2. The van der Waals surface area contributed by atoms with Gasteiger partial charge in [-0.3, -0.25) is 0 Å². The number of aliphatic hydroxyl groups is 1. The molecule has 5 heteroatoms. The predicted octanol–water partition coefficient (Wildman–Crippen LogP) is -0.280. The smallest absolute Gasteiger partial charge is 0.322 e. The molecule has 0 radical (unpaired) electrons. The van der Waals surface area contributed by atoms with Crippen molar-refractivity contribution in [2.45, 2.75) is 6.92 Å². The van der Waals surface area contributed by atoms with Crippen LogP contribution in [0.2, 0.25) is 0 Å². The Labute approximate surface area is 113 Å². The molecule has 5 nitrogen and oxygen atoms in total. The maximum absolute atomic E-state index is 12.1. The first-order valence-corrected chi connectivity index (χ1v) is 6.76. The maximum atomic E-state index is 12.1. The van der Waals surface area contributed by atoms with Crippen molar-refractivity contribution in [3.05, 3.63) is 29.8 Å². The summed E-state index contributed by atoms with van der Waals surface area (Å²) in [6, 6.07) is 7.77. The predicted molar refractivity (Wildman–Crippen MR) is 74.4 cm³/mol. The summed E-state index contributed by atoms with van der Waals surface area (Å²) in [6.45, 7) is 6.30. The van der Waals surface area contributed by atoms with Crippen molar-refractivity contribution >= 4 is 11.7 Å². The highest BCUT2D eigenvalue weighted by atomic mass is 16.3. The minimum atomic E-state index is -0.0353. The van der Waals surface area contributed by atoms with E-state index in [4.69, 9.17) is 5.11 Å². The second-order valence-corrected chi connectivity index (χ2v) is 5.01. The molecule has 0 atom stereocenters. The van der Waals surface area contributed by atoms with Crippen LogP contribution in [0.25, 0.3) is 0 Å². The van der Waals surface area contributed by atoms with Crippen LogP contribution in [0.5, 0.6) is 0 Å². The number of carbonyl (C=O) groups is 1. The standard InChI is InChI=1S/C14H21N3O2/c1-12-2-4-13(5-3-12)15-14(19)17-8-6-16(7-9-17)10-11-18/h2-5,18H,6-11H2,1H3,(H,15,19)/p+1. The van der Waals surface area contributed by atoms with E-state index in [1.165, 1.54) is 10.5 Å². The van der Waals surface area contributed by atoms with Crippen molar-refractivity contribution in [3.63, 3.8) is 0 Å². The van der Waals surface area contributed by atoms with E-state index in [0.717, 1.165) is 38.4 Å². The van der Waals surface area contributed by atoms with Gasteiger partial charge in [0.05, 0.1) is 32.8 Å². The summed E-state index contributed by atoms with van der Waals surface area (Å²) in [7, 11) is 0. The Balaban J connectivity index is 1.83. The monoisotopic (exact) mass is 264 g/mol. The highest BCUT2D eigenvalue weighted by molar-refractivity contribution is 5.89. The summed E-state index contributed by atoms with van der Waals surface area (Å²) in [5.74, 6) is 0. The van der Waals surface area contributed by atoms with Crippen molar-refractivity contribution < 1.29 is 14.8 Å². The van der Waals surface area contributed by atoms with E-state index in [1.54, 1.807) is 0 Å². The number of hydrogen-bond acceptors (Lipinski definition) is 2. The van der Waals surface area contributed by atoms with Gasteiger partial charge in [-0.2, -0.15) is 0 Å². The summed E-state index contributed by atoms with van der Waals surface area (Å²) < 4.78 is 0. The number of nitrogens with zero attached hydrogens (tertiary/aromatic N) is 1. The van der Waals surface area contributed by atoms with E-state index in [0.29, 0.717) is 0 Å². The molecule has 1 fully saturated rings. The molecule has 0 bridgehead atoms. The molecule has 104 valence electrons. The van der Waals surface area contributed by atoms with Gasteiger partial charge in [-0.05, 0) is 19.1 Å². The topological polar surface area (TPSA) is 57.0 Å². The Hall–Kier alpha value is -1.59. The van der Waals surface area contributed by atoms with Gasteiger partial charge in [-0.1, -0.05) is 17.7 Å². The van der Waals surface area contributed by atoms with Crippen LogP contribution in [0.1, 0.15) is 5.56 Å². The minimum absolute atomic E-state index is 0.0353. The lowest BCUT2D eigenvalue weighted by Crippen LogP contribution is -3.15. The van der Waals surface area contributed by atoms with Gasteiger partial charge < -0.3 is 20.2 Å². The van der Waals surface area contributed by atoms with Crippen molar-refractivity contribution in [1.82, 2.24) is 4.90 Å². The molecule has 1 heterocycles. The zero-order valence-corrected chi connectivity index (χ0v) is 11.4. The fraction of sp³-hybridized carbons (Fsp3) is 0.500. The molecule has 1 saturated heterocycles. The second-order valence-electron chi connectivity index (χ2n) is 5.01. The molecule has 0 aliphatic carbocycles. The largest absolute Gasteiger partial charge is 0.391 e. The van der Waals surface area contributed by atoms with Gasteiger partial charge in [0, 0.05) is 5.69 Å². The summed E-state index contributed by atoms with van der Waals surface area (Å²) in [6.07, 6.45) is 0. The normalized spacial score (nSPS) is 16.4. The van der Waals surface area contributed by atoms with Crippen LogP contribution in [0.15, 0.2) is 24.3 Å². The number of urea groups is 1. The summed E-state index contributed by atoms with van der Waals surface area (Å²) in [4.78, 5) is 15.3. The molecule has 0 spiro atoms. The lowest BCUT2D eigenvalue weighted by atomic mass is 10.2. The van der Waals surface area contributed by atoms with E-state index in [9.17, 15) is 4.79 Å². The van der Waals surface area contributed by atoms with Crippen LogP contribution in [0.4, 0.5) is 10.5 Å². The van der Waals surface area contributed by atoms with Gasteiger partial charge in [-0.25, -0.2) is 4.79 Å². The van der Waals surface area contributed by atoms with E-state index in [1.807, 2.05) is 36.1 Å². The molecule has 2 amide bonds. The molecule has 1 aromatic carbocycles. The van der Waals surface area contributed by atoms with Crippen molar-refractivity contribution in [2.24, 2.45) is 0 Å². The van der Waals surface area contributed by atoms with Crippen LogP contribution in [-0.4, -0.2) is 55.4 Å². The molecule has 0 saturated carbocycles. The Morgan fingerprint density at radius 3 is 2.53 bits per heavy atom. The van der Waals surface area contributed by atoms with Crippen molar-refractivity contribution in [1.29, 1.82) is 0 Å². The zero-order chi connectivity index (χ0) is 13.7. The van der Waals surface area contributed by atoms with E-state index < -0.39 is 0 Å². The van der Waals surface area contributed by atoms with Gasteiger partial charge in [0.15, 0.2) is 0 Å². The molecular formula is C14H22N3O2+. The molecule has 19 heavy (non-hydrogen) atoms. The highest BCUT2D eigenvalue weighted by Gasteiger charge is 2.23. The van der Waals surface area contributed by atoms with Gasteiger partial charge in [0.2, 0.25) is 0 Å². The van der Waals surface area contributed by atoms with Gasteiger partial charge in [-0.15, -0.1) is 0 Å². The minimum Gasteiger partial charge on any atom is -0.391 e. The van der Waals surface area contributed by atoms with Crippen molar-refractivity contribution in [3.8, 4) is 0 Å². The van der Waals surface area contributed by atoms with Crippen LogP contribution in [0, 0.1) is 6.92 Å². The lowest BCUT2D eigenvalue weighted by molar-refractivity contribution is -0.904. The average molecular weight is 264 g/mol. The molecule has 0 unspecified atom stereocenters. The number of aliphatic hydroxyl groups excluding tert-OH is 1. The third kappa shape index (κ3) is 3.94. The zero-order valence-electron chi connectivity index (χ0n) is 11.4. The molecular weight excluding hydrogens is 242 g/mol. The second kappa shape index (κ2) is 6.54. The van der Waals surface area contributed by atoms with E-state index >= 15 is 0 Å². The number of anilines is 1. The first-order chi connectivity index (χ1) is 9.19. The molecule has 2 rings (SSSR count). The quantitative estimate of drug-likeness (QED) is 0.703. The number of carbonyl (C=O) groups excluding carboxylic acids is 1. The third-order valence-corrected chi connectivity index (χ3v) is 3.53. The number of rotatable bonds is 3. The summed E-state index contributed by atoms with van der Waals surface area (Å²) in [5, 5.41) is 11.8. The molecule has 1 aromatic rings. The van der Waals surface area contributed by atoms with Crippen molar-refractivity contribution in [2.75, 3.05) is 44.6 Å². The maximum Gasteiger partial charge on any atom is 0.322 e. The molecule has 0 aromatic heterocycles.